The molecule has 2 unspecified atom stereocenters. The average Bonchev–Trinajstić information content (AvgIpc) is 2.33. The van der Waals surface area contributed by atoms with Crippen molar-refractivity contribution in [3.8, 4) is 0 Å². The molecule has 2 nitrogen and oxygen atoms in total. The zero-order valence-corrected chi connectivity index (χ0v) is 12.9. The van der Waals surface area contributed by atoms with E-state index in [9.17, 15) is 5.11 Å². The van der Waals surface area contributed by atoms with Gasteiger partial charge < -0.3 is 10.0 Å². The van der Waals surface area contributed by atoms with Crippen LogP contribution in [-0.2, 0) is 0 Å². The number of anilines is 1. The molecular formula is C15H22BrNO. The monoisotopic (exact) mass is 311 g/mol. The Morgan fingerprint density at radius 2 is 2.11 bits per heavy atom. The maximum absolute atomic E-state index is 9.61. The van der Waals surface area contributed by atoms with E-state index < -0.39 is 6.10 Å². The number of piperidine rings is 1. The van der Waals surface area contributed by atoms with Crippen LogP contribution in [0.4, 0.5) is 5.69 Å². The van der Waals surface area contributed by atoms with Gasteiger partial charge in [-0.25, -0.2) is 0 Å². The zero-order chi connectivity index (χ0) is 13.3. The van der Waals surface area contributed by atoms with Crippen molar-refractivity contribution in [1.29, 1.82) is 0 Å². The van der Waals surface area contributed by atoms with Crippen molar-refractivity contribution in [3.05, 3.63) is 28.2 Å². The van der Waals surface area contributed by atoms with Gasteiger partial charge in [-0.05, 0) is 66.2 Å². The van der Waals surface area contributed by atoms with Gasteiger partial charge in [0.15, 0.2) is 0 Å². The number of benzene rings is 1. The van der Waals surface area contributed by atoms with E-state index in [1.165, 1.54) is 18.5 Å². The van der Waals surface area contributed by atoms with Gasteiger partial charge in [-0.3, -0.25) is 0 Å². The molecule has 1 fully saturated rings. The molecule has 2 rings (SSSR count). The Balaban J connectivity index is 2.27. The van der Waals surface area contributed by atoms with Crippen LogP contribution in [0.2, 0.25) is 0 Å². The third kappa shape index (κ3) is 2.72. The van der Waals surface area contributed by atoms with Gasteiger partial charge in [0.1, 0.15) is 0 Å². The summed E-state index contributed by atoms with van der Waals surface area (Å²) in [5.74, 6) is 0.738. The predicted octanol–water partition coefficient (Wildman–Crippen LogP) is 4.13. The Morgan fingerprint density at radius 1 is 1.39 bits per heavy atom. The Morgan fingerprint density at radius 3 is 2.72 bits per heavy atom. The van der Waals surface area contributed by atoms with Crippen LogP contribution in [-0.4, -0.2) is 17.7 Å². The Kier molecular flexibility index (Phi) is 4.33. The number of aliphatic hydroxyl groups is 1. The van der Waals surface area contributed by atoms with Crippen molar-refractivity contribution in [2.75, 3.05) is 11.4 Å². The molecule has 0 aromatic heterocycles. The lowest BCUT2D eigenvalue weighted by Crippen LogP contribution is -2.42. The molecule has 1 heterocycles. The lowest BCUT2D eigenvalue weighted by atomic mass is 9.91. The summed E-state index contributed by atoms with van der Waals surface area (Å²) >= 11 is 3.65. The number of nitrogens with zero attached hydrogens (tertiary/aromatic N) is 1. The van der Waals surface area contributed by atoms with Crippen LogP contribution in [0.15, 0.2) is 22.7 Å². The fourth-order valence-corrected chi connectivity index (χ4v) is 3.32. The topological polar surface area (TPSA) is 23.5 Å². The molecule has 1 saturated heterocycles. The predicted molar refractivity (Wildman–Crippen MR) is 80.0 cm³/mol. The molecule has 0 amide bonds. The Bertz CT molecular complexity index is 419. The number of hydrogen-bond donors (Lipinski definition) is 1. The first-order valence-corrected chi connectivity index (χ1v) is 7.54. The highest BCUT2D eigenvalue weighted by Crippen LogP contribution is 2.34. The highest BCUT2D eigenvalue weighted by atomic mass is 79.9. The van der Waals surface area contributed by atoms with Crippen molar-refractivity contribution in [1.82, 2.24) is 0 Å². The Labute approximate surface area is 118 Å². The van der Waals surface area contributed by atoms with Gasteiger partial charge in [0.05, 0.1) is 11.8 Å². The second-order valence-electron chi connectivity index (χ2n) is 5.44. The van der Waals surface area contributed by atoms with Crippen molar-refractivity contribution >= 4 is 21.6 Å². The summed E-state index contributed by atoms with van der Waals surface area (Å²) in [5.41, 5.74) is 2.21. The molecule has 0 aliphatic carbocycles. The Hall–Kier alpha value is -0.540. The quantitative estimate of drug-likeness (QED) is 0.887. The van der Waals surface area contributed by atoms with Crippen molar-refractivity contribution in [2.45, 2.75) is 45.8 Å². The minimum Gasteiger partial charge on any atom is -0.389 e. The van der Waals surface area contributed by atoms with E-state index in [-0.39, 0.29) is 0 Å². The van der Waals surface area contributed by atoms with Crippen LogP contribution in [0, 0.1) is 5.92 Å². The lowest BCUT2D eigenvalue weighted by molar-refractivity contribution is 0.199. The highest BCUT2D eigenvalue weighted by molar-refractivity contribution is 9.10. The van der Waals surface area contributed by atoms with Gasteiger partial charge in [0.25, 0.3) is 0 Å². The van der Waals surface area contributed by atoms with Crippen LogP contribution >= 0.6 is 15.9 Å². The molecule has 1 N–H and O–H groups in total. The molecule has 100 valence electrons. The third-order valence-electron chi connectivity index (χ3n) is 4.14. The average molecular weight is 312 g/mol. The van der Waals surface area contributed by atoms with E-state index in [0.717, 1.165) is 22.5 Å². The fourth-order valence-electron chi connectivity index (χ4n) is 2.69. The van der Waals surface area contributed by atoms with Crippen molar-refractivity contribution < 1.29 is 5.11 Å². The minimum atomic E-state index is -0.409. The third-order valence-corrected chi connectivity index (χ3v) is 4.77. The van der Waals surface area contributed by atoms with E-state index in [4.69, 9.17) is 0 Å². The van der Waals surface area contributed by atoms with Crippen LogP contribution < -0.4 is 4.90 Å². The summed E-state index contributed by atoms with van der Waals surface area (Å²) in [6, 6.07) is 6.76. The summed E-state index contributed by atoms with van der Waals surface area (Å²) in [6.45, 7) is 7.55. The molecule has 3 heteroatoms. The van der Waals surface area contributed by atoms with Crippen LogP contribution in [0.5, 0.6) is 0 Å². The smallest absolute Gasteiger partial charge is 0.0762 e. The van der Waals surface area contributed by atoms with E-state index in [0.29, 0.717) is 6.04 Å². The van der Waals surface area contributed by atoms with E-state index in [1.54, 1.807) is 6.92 Å². The zero-order valence-electron chi connectivity index (χ0n) is 11.4. The standard InChI is InChI=1S/C15H22BrNO/c1-10-5-4-8-17(11(10)2)15-7-6-13(12(3)18)9-14(15)16/h6-7,9-12,18H,4-5,8H2,1-3H3/t10?,11?,12-/m0/s1. The molecule has 0 saturated carbocycles. The van der Waals surface area contributed by atoms with Gasteiger partial charge in [0, 0.05) is 17.1 Å². The maximum atomic E-state index is 9.61. The molecule has 1 aliphatic heterocycles. The summed E-state index contributed by atoms with van der Waals surface area (Å²) in [5, 5.41) is 9.61. The van der Waals surface area contributed by atoms with Gasteiger partial charge in [0.2, 0.25) is 0 Å². The molecule has 0 spiro atoms. The molecule has 1 aliphatic rings. The molecule has 0 radical (unpaired) electrons. The number of aliphatic hydroxyl groups excluding tert-OH is 1. The molecular weight excluding hydrogens is 290 g/mol. The van der Waals surface area contributed by atoms with Gasteiger partial charge in [-0.2, -0.15) is 0 Å². The maximum Gasteiger partial charge on any atom is 0.0762 e. The van der Waals surface area contributed by atoms with Crippen LogP contribution in [0.25, 0.3) is 0 Å². The van der Waals surface area contributed by atoms with Gasteiger partial charge in [-0.1, -0.05) is 13.0 Å². The molecule has 1 aromatic rings. The van der Waals surface area contributed by atoms with Crippen molar-refractivity contribution in [2.24, 2.45) is 5.92 Å². The van der Waals surface area contributed by atoms with E-state index in [1.807, 2.05) is 12.1 Å². The number of hydrogen-bond acceptors (Lipinski definition) is 2. The van der Waals surface area contributed by atoms with E-state index >= 15 is 0 Å². The fraction of sp³-hybridized carbons (Fsp3) is 0.600. The highest BCUT2D eigenvalue weighted by Gasteiger charge is 2.26. The summed E-state index contributed by atoms with van der Waals surface area (Å²) < 4.78 is 1.09. The SMILES string of the molecule is CC1CCCN(c2ccc([C@H](C)O)cc2Br)C1C. The molecule has 18 heavy (non-hydrogen) atoms. The second-order valence-corrected chi connectivity index (χ2v) is 6.29. The van der Waals surface area contributed by atoms with Crippen LogP contribution in [0.1, 0.15) is 45.3 Å². The van der Waals surface area contributed by atoms with Crippen molar-refractivity contribution in [3.63, 3.8) is 0 Å². The second kappa shape index (κ2) is 5.62. The normalized spacial score (nSPS) is 26.2. The lowest BCUT2D eigenvalue weighted by Gasteiger charge is -2.40. The minimum absolute atomic E-state index is 0.409. The number of rotatable bonds is 2. The molecule has 1 aromatic carbocycles. The van der Waals surface area contributed by atoms with E-state index in [2.05, 4.69) is 40.7 Å². The largest absolute Gasteiger partial charge is 0.389 e. The first kappa shape index (κ1) is 13.9. The van der Waals surface area contributed by atoms with Gasteiger partial charge in [-0.15, -0.1) is 0 Å². The first-order chi connectivity index (χ1) is 8.50. The molecule has 3 atom stereocenters. The summed E-state index contributed by atoms with van der Waals surface area (Å²) in [6.07, 6.45) is 2.17. The summed E-state index contributed by atoms with van der Waals surface area (Å²) in [7, 11) is 0. The van der Waals surface area contributed by atoms with Gasteiger partial charge >= 0.3 is 0 Å². The number of halogens is 1. The summed E-state index contributed by atoms with van der Waals surface area (Å²) in [4.78, 5) is 2.48. The van der Waals surface area contributed by atoms with Crippen LogP contribution in [0.3, 0.4) is 0 Å². The molecule has 0 bridgehead atoms. The first-order valence-electron chi connectivity index (χ1n) is 6.75.